The van der Waals surface area contributed by atoms with Crippen molar-refractivity contribution in [3.63, 3.8) is 0 Å². The van der Waals surface area contributed by atoms with Crippen molar-refractivity contribution in [2.24, 2.45) is 17.8 Å². The molecule has 0 aliphatic carbocycles. The quantitative estimate of drug-likeness (QED) is 0.885. The van der Waals surface area contributed by atoms with Crippen molar-refractivity contribution in [2.45, 2.75) is 26.8 Å². The highest BCUT2D eigenvalue weighted by molar-refractivity contribution is 5.70. The fourth-order valence-electron chi connectivity index (χ4n) is 2.96. The van der Waals surface area contributed by atoms with Gasteiger partial charge in [-0.15, -0.1) is 0 Å². The van der Waals surface area contributed by atoms with Gasteiger partial charge in [0, 0.05) is 19.1 Å². The van der Waals surface area contributed by atoms with E-state index in [-0.39, 0.29) is 5.92 Å². The number of likely N-dealkylation sites (tertiary alicyclic amines) is 1. The number of aliphatic carboxylic acids is 1. The summed E-state index contributed by atoms with van der Waals surface area (Å²) < 4.78 is 0. The van der Waals surface area contributed by atoms with Gasteiger partial charge in [-0.25, -0.2) is 0 Å². The first-order chi connectivity index (χ1) is 9.00. The third-order valence-electron chi connectivity index (χ3n) is 4.20. The van der Waals surface area contributed by atoms with Crippen LogP contribution in [-0.4, -0.2) is 29.1 Å². The van der Waals surface area contributed by atoms with Crippen molar-refractivity contribution in [3.05, 3.63) is 35.9 Å². The molecule has 0 bridgehead atoms. The van der Waals surface area contributed by atoms with Crippen molar-refractivity contribution in [1.29, 1.82) is 0 Å². The minimum absolute atomic E-state index is 0.236. The van der Waals surface area contributed by atoms with Gasteiger partial charge in [-0.3, -0.25) is 9.69 Å². The molecule has 1 aromatic rings. The molecule has 1 aromatic carbocycles. The summed E-state index contributed by atoms with van der Waals surface area (Å²) in [6, 6.07) is 10.9. The highest BCUT2D eigenvalue weighted by Gasteiger charge is 2.39. The van der Waals surface area contributed by atoms with Crippen LogP contribution in [0.15, 0.2) is 30.3 Å². The van der Waals surface area contributed by atoms with E-state index in [9.17, 15) is 4.79 Å². The average molecular weight is 261 g/mol. The number of hydrogen-bond donors (Lipinski definition) is 1. The van der Waals surface area contributed by atoms with Crippen LogP contribution in [0, 0.1) is 17.8 Å². The number of carboxylic acids is 1. The fraction of sp³-hybridized carbons (Fsp3) is 0.562. The van der Waals surface area contributed by atoms with Crippen molar-refractivity contribution in [1.82, 2.24) is 4.90 Å². The Morgan fingerprint density at radius 2 is 1.79 bits per heavy atom. The Morgan fingerprint density at radius 1 is 1.21 bits per heavy atom. The number of hydrogen-bond acceptors (Lipinski definition) is 2. The summed E-state index contributed by atoms with van der Waals surface area (Å²) in [7, 11) is 0. The molecule has 0 spiro atoms. The summed E-state index contributed by atoms with van der Waals surface area (Å²) >= 11 is 0. The maximum atomic E-state index is 11.0. The summed E-state index contributed by atoms with van der Waals surface area (Å²) in [5.41, 5.74) is 1.33. The predicted octanol–water partition coefficient (Wildman–Crippen LogP) is 3.04. The first-order valence-corrected chi connectivity index (χ1v) is 7.02. The lowest BCUT2D eigenvalue weighted by Gasteiger charge is -2.47. The normalized spacial score (nSPS) is 20.0. The van der Waals surface area contributed by atoms with Crippen LogP contribution in [0.25, 0.3) is 0 Å². The van der Waals surface area contributed by atoms with E-state index in [2.05, 4.69) is 43.0 Å². The number of carboxylic acid groups (broad SMARTS) is 1. The molecule has 3 heteroatoms. The number of carbonyl (C=O) groups is 1. The monoisotopic (exact) mass is 261 g/mol. The molecule has 1 aliphatic rings. The van der Waals surface area contributed by atoms with Crippen LogP contribution in [0.5, 0.6) is 0 Å². The summed E-state index contributed by atoms with van der Waals surface area (Å²) in [6.45, 7) is 8.06. The van der Waals surface area contributed by atoms with Crippen molar-refractivity contribution in [3.8, 4) is 0 Å². The smallest absolute Gasteiger partial charge is 0.306 e. The van der Waals surface area contributed by atoms with Crippen LogP contribution >= 0.6 is 0 Å². The highest BCUT2D eigenvalue weighted by atomic mass is 16.4. The third-order valence-corrected chi connectivity index (χ3v) is 4.20. The second-order valence-corrected chi connectivity index (χ2v) is 5.94. The molecular weight excluding hydrogens is 238 g/mol. The van der Waals surface area contributed by atoms with Crippen molar-refractivity contribution >= 4 is 5.97 Å². The van der Waals surface area contributed by atoms with E-state index in [1.165, 1.54) is 5.56 Å². The van der Waals surface area contributed by atoms with Gasteiger partial charge in [-0.2, -0.15) is 0 Å². The molecule has 0 aromatic heterocycles. The zero-order valence-electron chi connectivity index (χ0n) is 11.9. The number of benzene rings is 1. The number of nitrogens with zero attached hydrogens (tertiary/aromatic N) is 1. The molecule has 0 radical (unpaired) electrons. The van der Waals surface area contributed by atoms with Gasteiger partial charge in [0.15, 0.2) is 0 Å². The topological polar surface area (TPSA) is 40.5 Å². The van der Waals surface area contributed by atoms with Gasteiger partial charge < -0.3 is 5.11 Å². The zero-order valence-corrected chi connectivity index (χ0v) is 11.9. The van der Waals surface area contributed by atoms with E-state index in [0.29, 0.717) is 17.9 Å². The highest BCUT2D eigenvalue weighted by Crippen LogP contribution is 2.36. The molecular formula is C16H23NO2. The van der Waals surface area contributed by atoms with Gasteiger partial charge >= 0.3 is 5.97 Å². The maximum absolute atomic E-state index is 11.0. The van der Waals surface area contributed by atoms with E-state index in [1.807, 2.05) is 13.0 Å². The Balaban J connectivity index is 2.03. The van der Waals surface area contributed by atoms with Crippen LogP contribution < -0.4 is 0 Å². The lowest BCUT2D eigenvalue weighted by molar-refractivity contribution is -0.146. The van der Waals surface area contributed by atoms with Crippen LogP contribution in [0.2, 0.25) is 0 Å². The lowest BCUT2D eigenvalue weighted by atomic mass is 9.82. The molecule has 3 nitrogen and oxygen atoms in total. The first kappa shape index (κ1) is 14.1. The molecule has 2 unspecified atom stereocenters. The first-order valence-electron chi connectivity index (χ1n) is 7.02. The van der Waals surface area contributed by atoms with Gasteiger partial charge in [0.1, 0.15) is 0 Å². The van der Waals surface area contributed by atoms with E-state index in [1.54, 1.807) is 0 Å². The summed E-state index contributed by atoms with van der Waals surface area (Å²) in [5.74, 6) is -0.0868. The third kappa shape index (κ3) is 2.98. The van der Waals surface area contributed by atoms with Crippen molar-refractivity contribution < 1.29 is 9.90 Å². The summed E-state index contributed by atoms with van der Waals surface area (Å²) in [5, 5.41) is 9.05. The Kier molecular flexibility index (Phi) is 4.25. The van der Waals surface area contributed by atoms with Crippen LogP contribution in [-0.2, 0) is 4.79 Å². The standard InChI is InChI=1S/C16H23NO2/c1-11(2)15(13-7-5-4-6-8-13)17-9-14(10-17)12(3)16(18)19/h4-8,11-12,14-15H,9-10H2,1-3H3,(H,18,19). The fourth-order valence-corrected chi connectivity index (χ4v) is 2.96. The molecule has 104 valence electrons. The summed E-state index contributed by atoms with van der Waals surface area (Å²) in [6.07, 6.45) is 0. The molecule has 0 saturated carbocycles. The van der Waals surface area contributed by atoms with Crippen LogP contribution in [0.1, 0.15) is 32.4 Å². The van der Waals surface area contributed by atoms with E-state index in [4.69, 9.17) is 5.11 Å². The molecule has 0 amide bonds. The minimum Gasteiger partial charge on any atom is -0.481 e. The van der Waals surface area contributed by atoms with E-state index < -0.39 is 5.97 Å². The molecule has 1 heterocycles. The van der Waals surface area contributed by atoms with Gasteiger partial charge in [0.05, 0.1) is 5.92 Å². The van der Waals surface area contributed by atoms with Gasteiger partial charge in [-0.1, -0.05) is 51.1 Å². The Hall–Kier alpha value is -1.35. The second-order valence-electron chi connectivity index (χ2n) is 5.94. The van der Waals surface area contributed by atoms with Crippen molar-refractivity contribution in [2.75, 3.05) is 13.1 Å². The van der Waals surface area contributed by atoms with Crippen LogP contribution in [0.4, 0.5) is 0 Å². The second kappa shape index (κ2) is 5.74. The Morgan fingerprint density at radius 3 is 2.26 bits per heavy atom. The largest absolute Gasteiger partial charge is 0.481 e. The van der Waals surface area contributed by atoms with Gasteiger partial charge in [0.25, 0.3) is 0 Å². The van der Waals surface area contributed by atoms with Crippen LogP contribution in [0.3, 0.4) is 0 Å². The maximum Gasteiger partial charge on any atom is 0.306 e. The molecule has 1 N–H and O–H groups in total. The van der Waals surface area contributed by atoms with Gasteiger partial charge in [-0.05, 0) is 17.4 Å². The molecule has 1 aliphatic heterocycles. The molecule has 19 heavy (non-hydrogen) atoms. The van der Waals surface area contributed by atoms with Gasteiger partial charge in [0.2, 0.25) is 0 Å². The molecule has 2 atom stereocenters. The summed E-state index contributed by atoms with van der Waals surface area (Å²) in [4.78, 5) is 13.4. The predicted molar refractivity (Wildman–Crippen MR) is 75.9 cm³/mol. The van der Waals surface area contributed by atoms with E-state index >= 15 is 0 Å². The average Bonchev–Trinajstić information content (AvgIpc) is 2.32. The molecule has 1 fully saturated rings. The number of rotatable bonds is 5. The SMILES string of the molecule is CC(C)C(c1ccccc1)N1CC(C(C)C(=O)O)C1. The Bertz CT molecular complexity index is 424. The minimum atomic E-state index is -0.676. The molecule has 1 saturated heterocycles. The zero-order chi connectivity index (χ0) is 14.0. The Labute approximate surface area is 115 Å². The molecule has 2 rings (SSSR count). The lowest BCUT2D eigenvalue weighted by Crippen LogP contribution is -2.53. The van der Waals surface area contributed by atoms with E-state index in [0.717, 1.165) is 13.1 Å².